The molecule has 0 spiro atoms. The van der Waals surface area contributed by atoms with Gasteiger partial charge < -0.3 is 10.4 Å². The Morgan fingerprint density at radius 2 is 2.20 bits per heavy atom. The van der Waals surface area contributed by atoms with Gasteiger partial charge in [-0.1, -0.05) is 6.92 Å². The molecule has 2 aromatic rings. The fraction of sp³-hybridized carbons (Fsp3) is 0.250. The first-order valence-corrected chi connectivity index (χ1v) is 6.80. The molecular formula is C12H14N4O3S. The van der Waals surface area contributed by atoms with E-state index in [1.807, 2.05) is 6.92 Å². The number of aromatic carboxylic acids is 1. The van der Waals surface area contributed by atoms with E-state index in [4.69, 9.17) is 5.11 Å². The van der Waals surface area contributed by atoms with E-state index in [0.29, 0.717) is 17.1 Å². The van der Waals surface area contributed by atoms with Gasteiger partial charge in [0.15, 0.2) is 0 Å². The molecule has 0 aliphatic rings. The molecule has 0 aliphatic carbocycles. The lowest BCUT2D eigenvalue weighted by Gasteiger charge is -2.06. The van der Waals surface area contributed by atoms with Crippen molar-refractivity contribution >= 4 is 34.0 Å². The molecule has 0 radical (unpaired) electrons. The summed E-state index contributed by atoms with van der Waals surface area (Å²) in [6.45, 7) is 1.94. The molecule has 2 aromatic heterocycles. The third kappa shape index (κ3) is 2.97. The SMILES string of the molecule is CCc1nn(C)cc1NC(=O)Nc1sccc1C(=O)O. The predicted molar refractivity (Wildman–Crippen MR) is 76.5 cm³/mol. The van der Waals surface area contributed by atoms with Gasteiger partial charge in [0.1, 0.15) is 5.00 Å². The summed E-state index contributed by atoms with van der Waals surface area (Å²) in [6.07, 6.45) is 2.39. The number of rotatable bonds is 4. The highest BCUT2D eigenvalue weighted by atomic mass is 32.1. The van der Waals surface area contributed by atoms with Crippen molar-refractivity contribution in [1.29, 1.82) is 0 Å². The van der Waals surface area contributed by atoms with E-state index >= 15 is 0 Å². The highest BCUT2D eigenvalue weighted by molar-refractivity contribution is 7.14. The maximum Gasteiger partial charge on any atom is 0.338 e. The topological polar surface area (TPSA) is 96.3 Å². The van der Waals surface area contributed by atoms with Crippen LogP contribution in [-0.2, 0) is 13.5 Å². The number of carbonyl (C=O) groups is 2. The Morgan fingerprint density at radius 3 is 2.85 bits per heavy atom. The van der Waals surface area contributed by atoms with Crippen LogP contribution in [-0.4, -0.2) is 26.9 Å². The number of aryl methyl sites for hydroxylation is 2. The Kier molecular flexibility index (Phi) is 4.04. The zero-order valence-electron chi connectivity index (χ0n) is 11.0. The van der Waals surface area contributed by atoms with Crippen molar-refractivity contribution in [2.24, 2.45) is 7.05 Å². The molecule has 106 valence electrons. The molecule has 0 atom stereocenters. The second kappa shape index (κ2) is 5.74. The lowest BCUT2D eigenvalue weighted by atomic mass is 10.3. The quantitative estimate of drug-likeness (QED) is 0.806. The molecule has 0 fully saturated rings. The molecule has 2 rings (SSSR count). The van der Waals surface area contributed by atoms with E-state index in [1.54, 1.807) is 23.3 Å². The first kappa shape index (κ1) is 14.1. The second-order valence-electron chi connectivity index (χ2n) is 4.06. The van der Waals surface area contributed by atoms with E-state index in [9.17, 15) is 9.59 Å². The molecule has 0 unspecified atom stereocenters. The number of thiophene rings is 1. The molecule has 0 aromatic carbocycles. The summed E-state index contributed by atoms with van der Waals surface area (Å²) in [5, 5.41) is 20.3. The molecule has 7 nitrogen and oxygen atoms in total. The Hall–Kier alpha value is -2.35. The number of hydrogen-bond donors (Lipinski definition) is 3. The summed E-state index contributed by atoms with van der Waals surface area (Å²) >= 11 is 1.16. The van der Waals surface area contributed by atoms with Gasteiger partial charge in [0, 0.05) is 13.2 Å². The van der Waals surface area contributed by atoms with Crippen LogP contribution in [0.5, 0.6) is 0 Å². The number of nitrogens with zero attached hydrogens (tertiary/aromatic N) is 2. The van der Waals surface area contributed by atoms with Gasteiger partial charge in [0.25, 0.3) is 0 Å². The number of amides is 2. The second-order valence-corrected chi connectivity index (χ2v) is 4.98. The molecule has 8 heteroatoms. The number of carboxylic acid groups (broad SMARTS) is 1. The summed E-state index contributed by atoms with van der Waals surface area (Å²) < 4.78 is 1.61. The minimum atomic E-state index is -1.07. The monoisotopic (exact) mass is 294 g/mol. The standard InChI is InChI=1S/C12H14N4O3S/c1-3-8-9(6-16(2)15-8)13-12(19)14-10-7(11(17)18)4-5-20-10/h4-6H,3H2,1-2H3,(H,17,18)(H2,13,14,19). The first-order valence-electron chi connectivity index (χ1n) is 5.92. The van der Waals surface area contributed by atoms with Gasteiger partial charge in [-0.2, -0.15) is 5.10 Å². The van der Waals surface area contributed by atoms with Gasteiger partial charge in [0.05, 0.1) is 16.9 Å². The van der Waals surface area contributed by atoms with Crippen molar-refractivity contribution < 1.29 is 14.7 Å². The van der Waals surface area contributed by atoms with Crippen LogP contribution in [0, 0.1) is 0 Å². The van der Waals surface area contributed by atoms with E-state index in [2.05, 4.69) is 15.7 Å². The van der Waals surface area contributed by atoms with Gasteiger partial charge in [0.2, 0.25) is 0 Å². The molecule has 0 aliphatic heterocycles. The van der Waals surface area contributed by atoms with Gasteiger partial charge in [-0.25, -0.2) is 9.59 Å². The summed E-state index contributed by atoms with van der Waals surface area (Å²) in [5.74, 6) is -1.07. The molecule has 2 heterocycles. The smallest absolute Gasteiger partial charge is 0.338 e. The Balaban J connectivity index is 2.09. The normalized spacial score (nSPS) is 10.3. The maximum absolute atomic E-state index is 11.9. The number of aromatic nitrogens is 2. The van der Waals surface area contributed by atoms with Crippen LogP contribution in [0.1, 0.15) is 23.0 Å². The van der Waals surface area contributed by atoms with E-state index < -0.39 is 12.0 Å². The van der Waals surface area contributed by atoms with Crippen LogP contribution in [0.3, 0.4) is 0 Å². The van der Waals surface area contributed by atoms with Crippen molar-refractivity contribution in [3.8, 4) is 0 Å². The average Bonchev–Trinajstić information content (AvgIpc) is 2.95. The first-order chi connectivity index (χ1) is 9.51. The van der Waals surface area contributed by atoms with Crippen LogP contribution in [0.2, 0.25) is 0 Å². The lowest BCUT2D eigenvalue weighted by molar-refractivity contribution is 0.0698. The fourth-order valence-electron chi connectivity index (χ4n) is 1.73. The minimum Gasteiger partial charge on any atom is -0.478 e. The maximum atomic E-state index is 11.9. The van der Waals surface area contributed by atoms with Crippen molar-refractivity contribution in [2.45, 2.75) is 13.3 Å². The third-order valence-electron chi connectivity index (χ3n) is 2.61. The van der Waals surface area contributed by atoms with Crippen LogP contribution in [0.25, 0.3) is 0 Å². The Labute approximate surface area is 119 Å². The van der Waals surface area contributed by atoms with Crippen LogP contribution < -0.4 is 10.6 Å². The molecule has 3 N–H and O–H groups in total. The number of carbonyl (C=O) groups excluding carboxylic acids is 1. The Morgan fingerprint density at radius 1 is 1.45 bits per heavy atom. The van der Waals surface area contributed by atoms with Crippen molar-refractivity contribution in [2.75, 3.05) is 10.6 Å². The number of urea groups is 1. The zero-order chi connectivity index (χ0) is 14.7. The highest BCUT2D eigenvalue weighted by Gasteiger charge is 2.15. The Bertz CT molecular complexity index is 647. The number of anilines is 2. The van der Waals surface area contributed by atoms with Crippen LogP contribution >= 0.6 is 11.3 Å². The summed E-state index contributed by atoms with van der Waals surface area (Å²) in [6, 6.07) is 0.960. The third-order valence-corrected chi connectivity index (χ3v) is 3.44. The molecule has 0 saturated heterocycles. The van der Waals surface area contributed by atoms with Gasteiger partial charge in [-0.15, -0.1) is 11.3 Å². The highest BCUT2D eigenvalue weighted by Crippen LogP contribution is 2.23. The number of carboxylic acids is 1. The van der Waals surface area contributed by atoms with Crippen LogP contribution in [0.4, 0.5) is 15.5 Å². The van der Waals surface area contributed by atoms with E-state index in [0.717, 1.165) is 17.0 Å². The minimum absolute atomic E-state index is 0.0760. The van der Waals surface area contributed by atoms with Crippen LogP contribution in [0.15, 0.2) is 17.6 Å². The van der Waals surface area contributed by atoms with Crippen molar-refractivity contribution in [3.05, 3.63) is 28.9 Å². The largest absolute Gasteiger partial charge is 0.478 e. The summed E-state index contributed by atoms with van der Waals surface area (Å²) in [7, 11) is 1.77. The van der Waals surface area contributed by atoms with Crippen molar-refractivity contribution in [1.82, 2.24) is 9.78 Å². The molecule has 0 bridgehead atoms. The molecule has 2 amide bonds. The van der Waals surface area contributed by atoms with Gasteiger partial charge in [-0.3, -0.25) is 10.00 Å². The molecule has 0 saturated carbocycles. The summed E-state index contributed by atoms with van der Waals surface area (Å²) in [4.78, 5) is 22.8. The molecular weight excluding hydrogens is 280 g/mol. The number of hydrogen-bond acceptors (Lipinski definition) is 4. The van der Waals surface area contributed by atoms with Crippen molar-refractivity contribution in [3.63, 3.8) is 0 Å². The number of nitrogens with one attached hydrogen (secondary N) is 2. The summed E-state index contributed by atoms with van der Waals surface area (Å²) in [5.41, 5.74) is 1.46. The van der Waals surface area contributed by atoms with E-state index in [1.165, 1.54) is 6.07 Å². The lowest BCUT2D eigenvalue weighted by Crippen LogP contribution is -2.20. The molecule has 20 heavy (non-hydrogen) atoms. The fourth-order valence-corrected chi connectivity index (χ4v) is 2.51. The van der Waals surface area contributed by atoms with Gasteiger partial charge >= 0.3 is 12.0 Å². The average molecular weight is 294 g/mol. The predicted octanol–water partition coefficient (Wildman–Crippen LogP) is 2.39. The zero-order valence-corrected chi connectivity index (χ0v) is 11.8. The van der Waals surface area contributed by atoms with Gasteiger partial charge in [-0.05, 0) is 17.9 Å². The van der Waals surface area contributed by atoms with E-state index in [-0.39, 0.29) is 5.56 Å².